The lowest BCUT2D eigenvalue weighted by atomic mass is 9.76. The topological polar surface area (TPSA) is 96.0 Å². The average molecular weight is 348 g/mol. The summed E-state index contributed by atoms with van der Waals surface area (Å²) in [5, 5.41) is 0. The normalized spacial score (nSPS) is 24.1. The molecular formula is C15H26NO6S-. The van der Waals surface area contributed by atoms with Crippen LogP contribution in [0.25, 0.3) is 0 Å². The van der Waals surface area contributed by atoms with Crippen LogP contribution in [0.15, 0.2) is 0 Å². The molecule has 0 bridgehead atoms. The number of esters is 1. The predicted octanol–water partition coefficient (Wildman–Crippen LogP) is 0.746. The zero-order valence-corrected chi connectivity index (χ0v) is 14.5. The molecule has 0 aromatic rings. The van der Waals surface area contributed by atoms with Gasteiger partial charge in [-0.1, -0.05) is 19.3 Å². The highest BCUT2D eigenvalue weighted by atomic mass is 32.2. The Morgan fingerprint density at radius 2 is 1.87 bits per heavy atom. The Bertz CT molecular complexity index is 494. The average Bonchev–Trinajstić information content (AvgIpc) is 2.47. The first-order valence-electron chi connectivity index (χ1n) is 8.23. The van der Waals surface area contributed by atoms with Gasteiger partial charge in [-0.2, -0.15) is 0 Å². The molecule has 8 heteroatoms. The lowest BCUT2D eigenvalue weighted by molar-refractivity contribution is -0.162. The Labute approximate surface area is 138 Å². The number of hydrogen-bond acceptors (Lipinski definition) is 7. The fourth-order valence-corrected chi connectivity index (χ4v) is 3.88. The summed E-state index contributed by atoms with van der Waals surface area (Å²) in [5.74, 6) is -1.05. The molecule has 23 heavy (non-hydrogen) atoms. The van der Waals surface area contributed by atoms with Crippen LogP contribution < -0.4 is 0 Å². The number of ether oxygens (including phenoxy) is 2. The number of carbonyl (C=O) groups excluding carboxylic acids is 1. The van der Waals surface area contributed by atoms with Crippen LogP contribution in [-0.2, 0) is 24.4 Å². The van der Waals surface area contributed by atoms with Crippen LogP contribution in [0, 0.1) is 5.41 Å². The van der Waals surface area contributed by atoms with Gasteiger partial charge in [0.05, 0.1) is 34.5 Å². The molecular weight excluding hydrogens is 322 g/mol. The van der Waals surface area contributed by atoms with E-state index in [0.29, 0.717) is 26.3 Å². The Morgan fingerprint density at radius 3 is 2.43 bits per heavy atom. The first kappa shape index (κ1) is 18.6. The number of morpholine rings is 1. The van der Waals surface area contributed by atoms with Crippen LogP contribution in [0.4, 0.5) is 0 Å². The SMILES string of the molecule is CC1(C(=O)OC(CN2CCOCC2)CS(=O)(=O)[O-])CCCCC1. The van der Waals surface area contributed by atoms with Crippen molar-refractivity contribution in [2.75, 3.05) is 38.6 Å². The molecule has 2 rings (SSSR count). The van der Waals surface area contributed by atoms with Crippen molar-refractivity contribution in [3.05, 3.63) is 0 Å². The minimum absolute atomic E-state index is 0.257. The van der Waals surface area contributed by atoms with Gasteiger partial charge in [0.1, 0.15) is 6.10 Å². The highest BCUT2D eigenvalue weighted by Gasteiger charge is 2.37. The number of carbonyl (C=O) groups is 1. The quantitative estimate of drug-likeness (QED) is 0.516. The van der Waals surface area contributed by atoms with E-state index in [1.807, 2.05) is 11.8 Å². The zero-order valence-electron chi connectivity index (χ0n) is 13.7. The molecule has 7 nitrogen and oxygen atoms in total. The van der Waals surface area contributed by atoms with E-state index in [2.05, 4.69) is 0 Å². The summed E-state index contributed by atoms with van der Waals surface area (Å²) in [5.41, 5.74) is -0.561. The lowest BCUT2D eigenvalue weighted by Gasteiger charge is -2.35. The number of hydrogen-bond donors (Lipinski definition) is 0. The van der Waals surface area contributed by atoms with Gasteiger partial charge in [-0.25, -0.2) is 8.42 Å². The van der Waals surface area contributed by atoms with Gasteiger partial charge >= 0.3 is 5.97 Å². The molecule has 1 unspecified atom stereocenters. The molecule has 0 aromatic heterocycles. The molecule has 1 saturated carbocycles. The summed E-state index contributed by atoms with van der Waals surface area (Å²) in [6.45, 7) is 4.53. The van der Waals surface area contributed by atoms with Crippen molar-refractivity contribution >= 4 is 16.1 Å². The Balaban J connectivity index is 1.99. The maximum absolute atomic E-state index is 12.5. The lowest BCUT2D eigenvalue weighted by Crippen LogP contribution is -2.46. The van der Waals surface area contributed by atoms with Crippen molar-refractivity contribution in [2.45, 2.75) is 45.1 Å². The van der Waals surface area contributed by atoms with Gasteiger partial charge in [-0.05, 0) is 19.8 Å². The third-order valence-electron chi connectivity index (χ3n) is 4.68. The second-order valence-corrected chi connectivity index (χ2v) is 8.23. The van der Waals surface area contributed by atoms with Gasteiger partial charge in [-0.15, -0.1) is 0 Å². The zero-order chi connectivity index (χ0) is 16.9. The van der Waals surface area contributed by atoms with E-state index in [9.17, 15) is 17.8 Å². The second kappa shape index (κ2) is 7.92. The summed E-state index contributed by atoms with van der Waals surface area (Å²) >= 11 is 0. The standard InChI is InChI=1S/C15H27NO6S/c1-15(5-3-2-4-6-15)14(17)22-13(12-23(18,19)20)11-16-7-9-21-10-8-16/h13H,2-12H2,1H3,(H,18,19,20)/p-1. The van der Waals surface area contributed by atoms with Crippen molar-refractivity contribution < 1.29 is 27.2 Å². The Morgan fingerprint density at radius 1 is 1.26 bits per heavy atom. The van der Waals surface area contributed by atoms with Gasteiger partial charge in [0, 0.05) is 19.6 Å². The molecule has 0 aromatic carbocycles. The fourth-order valence-electron chi connectivity index (χ4n) is 3.25. The van der Waals surface area contributed by atoms with Crippen molar-refractivity contribution in [3.63, 3.8) is 0 Å². The summed E-state index contributed by atoms with van der Waals surface area (Å²) in [7, 11) is -4.46. The smallest absolute Gasteiger partial charge is 0.312 e. The maximum atomic E-state index is 12.5. The van der Waals surface area contributed by atoms with Crippen LogP contribution in [0.1, 0.15) is 39.0 Å². The van der Waals surface area contributed by atoms with Crippen LogP contribution in [0.5, 0.6) is 0 Å². The predicted molar refractivity (Wildman–Crippen MR) is 82.9 cm³/mol. The van der Waals surface area contributed by atoms with E-state index in [4.69, 9.17) is 9.47 Å². The molecule has 0 spiro atoms. The van der Waals surface area contributed by atoms with E-state index in [1.54, 1.807) is 0 Å². The number of nitrogens with zero attached hydrogens (tertiary/aromatic N) is 1. The minimum Gasteiger partial charge on any atom is -0.748 e. The van der Waals surface area contributed by atoms with Crippen molar-refractivity contribution in [3.8, 4) is 0 Å². The largest absolute Gasteiger partial charge is 0.748 e. The molecule has 1 aliphatic carbocycles. The minimum atomic E-state index is -4.46. The Hall–Kier alpha value is -0.700. The third kappa shape index (κ3) is 6.02. The molecule has 1 atom stereocenters. The molecule has 1 aliphatic heterocycles. The molecule has 2 fully saturated rings. The maximum Gasteiger partial charge on any atom is 0.312 e. The molecule has 0 amide bonds. The summed E-state index contributed by atoms with van der Waals surface area (Å²) in [4.78, 5) is 14.5. The van der Waals surface area contributed by atoms with Gasteiger partial charge in [0.2, 0.25) is 0 Å². The van der Waals surface area contributed by atoms with Crippen LogP contribution >= 0.6 is 0 Å². The first-order chi connectivity index (χ1) is 10.8. The van der Waals surface area contributed by atoms with E-state index in [0.717, 1.165) is 32.1 Å². The summed E-state index contributed by atoms with van der Waals surface area (Å²) in [6.07, 6.45) is 3.64. The fraction of sp³-hybridized carbons (Fsp3) is 0.933. The van der Waals surface area contributed by atoms with Crippen molar-refractivity contribution in [1.29, 1.82) is 0 Å². The van der Waals surface area contributed by atoms with Crippen LogP contribution in [-0.4, -0.2) is 68.5 Å². The molecule has 0 N–H and O–H groups in total. The second-order valence-electron chi connectivity index (χ2n) is 6.79. The molecule has 1 heterocycles. The molecule has 0 radical (unpaired) electrons. The summed E-state index contributed by atoms with van der Waals surface area (Å²) in [6, 6.07) is 0. The number of rotatable bonds is 6. The summed E-state index contributed by atoms with van der Waals surface area (Å²) < 4.78 is 44.1. The van der Waals surface area contributed by atoms with Gasteiger partial charge < -0.3 is 14.0 Å². The van der Waals surface area contributed by atoms with E-state index in [1.165, 1.54) is 0 Å². The van der Waals surface area contributed by atoms with Crippen LogP contribution in [0.3, 0.4) is 0 Å². The monoisotopic (exact) mass is 348 g/mol. The van der Waals surface area contributed by atoms with E-state index >= 15 is 0 Å². The van der Waals surface area contributed by atoms with Crippen molar-refractivity contribution in [2.24, 2.45) is 5.41 Å². The molecule has 1 saturated heterocycles. The molecule has 134 valence electrons. The highest BCUT2D eigenvalue weighted by Crippen LogP contribution is 2.37. The molecule has 2 aliphatic rings. The first-order valence-corrected chi connectivity index (χ1v) is 9.81. The van der Waals surface area contributed by atoms with Gasteiger partial charge in [-0.3, -0.25) is 9.69 Å². The Kier molecular flexibility index (Phi) is 6.41. The van der Waals surface area contributed by atoms with Crippen molar-refractivity contribution in [1.82, 2.24) is 4.90 Å². The van der Waals surface area contributed by atoms with Gasteiger partial charge in [0.15, 0.2) is 0 Å². The van der Waals surface area contributed by atoms with E-state index in [-0.39, 0.29) is 12.5 Å². The van der Waals surface area contributed by atoms with E-state index < -0.39 is 27.4 Å². The highest BCUT2D eigenvalue weighted by molar-refractivity contribution is 7.85. The third-order valence-corrected chi connectivity index (χ3v) is 5.46. The van der Waals surface area contributed by atoms with Crippen LogP contribution in [0.2, 0.25) is 0 Å². The van der Waals surface area contributed by atoms with Gasteiger partial charge in [0.25, 0.3) is 0 Å².